The van der Waals surface area contributed by atoms with Gasteiger partial charge in [-0.05, 0) is 77.5 Å². The largest absolute Gasteiger partial charge is 0.289 e. The first kappa shape index (κ1) is 21.3. The molecule has 0 aromatic heterocycles. The monoisotopic (exact) mass is 393 g/mol. The van der Waals surface area contributed by atoms with Gasteiger partial charge in [-0.15, -0.1) is 0 Å². The highest BCUT2D eigenvalue weighted by Gasteiger charge is 2.37. The Morgan fingerprint density at radius 2 is 1.55 bits per heavy atom. The molecule has 0 bridgehead atoms. The fraction of sp³-hybridized carbons (Fsp3) is 0.440. The molecule has 4 heteroatoms. The Labute approximate surface area is 173 Å². The van der Waals surface area contributed by atoms with E-state index < -0.39 is 5.91 Å². The molecule has 1 amide bonds. The Balaban J connectivity index is 2.10. The van der Waals surface area contributed by atoms with E-state index in [0.717, 1.165) is 29.5 Å². The zero-order chi connectivity index (χ0) is 21.6. The van der Waals surface area contributed by atoms with Crippen molar-refractivity contribution in [1.82, 2.24) is 5.48 Å². The smallest absolute Gasteiger partial charge is 0.274 e. The second-order valence-electron chi connectivity index (χ2n) is 9.48. The molecule has 0 unspecified atom stereocenters. The Bertz CT molecular complexity index is 986. The lowest BCUT2D eigenvalue weighted by molar-refractivity contribution is 0.0705. The van der Waals surface area contributed by atoms with Crippen LogP contribution in [0.1, 0.15) is 96.0 Å². The molecule has 1 aliphatic rings. The van der Waals surface area contributed by atoms with Crippen LogP contribution in [-0.2, 0) is 17.3 Å². The topological polar surface area (TPSA) is 66.4 Å². The lowest BCUT2D eigenvalue weighted by Gasteiger charge is -2.42. The number of carbonyl (C=O) groups is 2. The Kier molecular flexibility index (Phi) is 5.44. The summed E-state index contributed by atoms with van der Waals surface area (Å²) in [6, 6.07) is 9.32. The molecule has 2 N–H and O–H groups in total. The second kappa shape index (κ2) is 7.42. The van der Waals surface area contributed by atoms with E-state index in [1.54, 1.807) is 23.7 Å². The van der Waals surface area contributed by atoms with Gasteiger partial charge in [-0.25, -0.2) is 5.48 Å². The van der Waals surface area contributed by atoms with E-state index >= 15 is 0 Å². The van der Waals surface area contributed by atoms with Crippen molar-refractivity contribution in [2.45, 2.75) is 71.6 Å². The first-order valence-electron chi connectivity index (χ1n) is 10.3. The number of ketones is 1. The molecule has 0 heterocycles. The van der Waals surface area contributed by atoms with E-state index in [4.69, 9.17) is 5.21 Å². The number of benzene rings is 2. The van der Waals surface area contributed by atoms with Crippen LogP contribution in [0.2, 0.25) is 0 Å². The first-order chi connectivity index (χ1) is 13.5. The van der Waals surface area contributed by atoms with Crippen LogP contribution >= 0.6 is 0 Å². The molecule has 1 aliphatic carbocycles. The van der Waals surface area contributed by atoms with Crippen LogP contribution in [0.4, 0.5) is 0 Å². The lowest BCUT2D eigenvalue weighted by Crippen LogP contribution is -2.34. The molecule has 154 valence electrons. The van der Waals surface area contributed by atoms with Gasteiger partial charge in [0.05, 0.1) is 0 Å². The molecule has 0 fully saturated rings. The fourth-order valence-corrected chi connectivity index (χ4v) is 4.43. The molecule has 0 aliphatic heterocycles. The van der Waals surface area contributed by atoms with Crippen LogP contribution in [0.5, 0.6) is 0 Å². The van der Waals surface area contributed by atoms with E-state index in [-0.39, 0.29) is 16.6 Å². The molecule has 0 saturated heterocycles. The Hall–Kier alpha value is -2.46. The highest BCUT2D eigenvalue weighted by Crippen LogP contribution is 2.46. The molecule has 29 heavy (non-hydrogen) atoms. The van der Waals surface area contributed by atoms with E-state index in [2.05, 4.69) is 39.8 Å². The number of nitrogens with one attached hydrogen (secondary N) is 1. The van der Waals surface area contributed by atoms with Crippen molar-refractivity contribution >= 4 is 11.7 Å². The molecular weight excluding hydrogens is 362 g/mol. The molecule has 0 radical (unpaired) electrons. The van der Waals surface area contributed by atoms with Gasteiger partial charge in [0, 0.05) is 16.7 Å². The van der Waals surface area contributed by atoms with E-state index in [0.29, 0.717) is 17.5 Å². The van der Waals surface area contributed by atoms with Crippen molar-refractivity contribution in [3.05, 3.63) is 69.3 Å². The predicted octanol–water partition coefficient (Wildman–Crippen LogP) is 5.26. The molecular formula is C25H31NO3. The van der Waals surface area contributed by atoms with Crippen LogP contribution in [-0.4, -0.2) is 16.9 Å². The van der Waals surface area contributed by atoms with Gasteiger partial charge in [0.1, 0.15) is 0 Å². The van der Waals surface area contributed by atoms with E-state index in [1.165, 1.54) is 11.1 Å². The maximum Gasteiger partial charge on any atom is 0.274 e. The van der Waals surface area contributed by atoms with Crippen LogP contribution < -0.4 is 5.48 Å². The van der Waals surface area contributed by atoms with Gasteiger partial charge in [0.2, 0.25) is 0 Å². The minimum atomic E-state index is -0.560. The predicted molar refractivity (Wildman–Crippen MR) is 115 cm³/mol. The average molecular weight is 394 g/mol. The summed E-state index contributed by atoms with van der Waals surface area (Å²) >= 11 is 0. The van der Waals surface area contributed by atoms with E-state index in [9.17, 15) is 9.59 Å². The van der Waals surface area contributed by atoms with Crippen LogP contribution in [0.15, 0.2) is 30.3 Å². The summed E-state index contributed by atoms with van der Waals surface area (Å²) in [6.45, 7) is 13.0. The number of amides is 1. The van der Waals surface area contributed by atoms with Crippen LogP contribution in [0.25, 0.3) is 0 Å². The molecule has 2 aromatic carbocycles. The molecule has 2 aromatic rings. The average Bonchev–Trinajstić information content (AvgIpc) is 2.69. The zero-order valence-electron chi connectivity index (χ0n) is 18.3. The van der Waals surface area contributed by atoms with E-state index in [1.807, 2.05) is 13.8 Å². The Morgan fingerprint density at radius 1 is 0.966 bits per heavy atom. The third kappa shape index (κ3) is 3.74. The number of hydrogen-bond donors (Lipinski definition) is 2. The van der Waals surface area contributed by atoms with Crippen molar-refractivity contribution in [3.63, 3.8) is 0 Å². The third-order valence-corrected chi connectivity index (χ3v) is 6.54. The van der Waals surface area contributed by atoms with Crippen molar-refractivity contribution in [2.24, 2.45) is 0 Å². The highest BCUT2D eigenvalue weighted by atomic mass is 16.5. The maximum absolute atomic E-state index is 13.4. The summed E-state index contributed by atoms with van der Waals surface area (Å²) in [5.41, 5.74) is 7.79. The summed E-state index contributed by atoms with van der Waals surface area (Å²) < 4.78 is 0. The quantitative estimate of drug-likeness (QED) is 0.423. The first-order valence-corrected chi connectivity index (χ1v) is 10.3. The molecule has 3 rings (SSSR count). The van der Waals surface area contributed by atoms with Crippen molar-refractivity contribution < 1.29 is 14.8 Å². The number of rotatable bonds is 4. The molecule has 0 saturated carbocycles. The molecule has 4 nitrogen and oxygen atoms in total. The standard InChI is InChI=1S/C25H31NO3/c1-7-16-13-17(8-9-18(16)23(28)26-29)22(27)19-14-21-20(12-15(19)2)24(3,4)10-11-25(21,5)6/h8-9,12-14,29H,7,10-11H2,1-6H3,(H,26,28). The van der Waals surface area contributed by atoms with Gasteiger partial charge in [-0.3, -0.25) is 14.8 Å². The molecule has 0 atom stereocenters. The van der Waals surface area contributed by atoms with Gasteiger partial charge >= 0.3 is 0 Å². The maximum atomic E-state index is 13.4. The van der Waals surface area contributed by atoms with Crippen LogP contribution in [0, 0.1) is 6.92 Å². The van der Waals surface area contributed by atoms with Crippen molar-refractivity contribution in [1.29, 1.82) is 0 Å². The highest BCUT2D eigenvalue weighted by molar-refractivity contribution is 6.10. The Morgan fingerprint density at radius 3 is 2.10 bits per heavy atom. The normalized spacial score (nSPS) is 16.8. The summed E-state index contributed by atoms with van der Waals surface area (Å²) in [6.07, 6.45) is 2.82. The third-order valence-electron chi connectivity index (χ3n) is 6.54. The van der Waals surface area contributed by atoms with Gasteiger partial charge < -0.3 is 0 Å². The van der Waals surface area contributed by atoms with Crippen molar-refractivity contribution in [3.8, 4) is 0 Å². The zero-order valence-corrected chi connectivity index (χ0v) is 18.3. The number of hydrogen-bond acceptors (Lipinski definition) is 3. The van der Waals surface area contributed by atoms with Crippen molar-refractivity contribution in [2.75, 3.05) is 0 Å². The number of aryl methyl sites for hydroxylation is 2. The van der Waals surface area contributed by atoms with Gasteiger partial charge in [0.25, 0.3) is 5.91 Å². The number of carbonyl (C=O) groups excluding carboxylic acids is 2. The number of fused-ring (bicyclic) bond motifs is 1. The number of hydroxylamine groups is 1. The fourth-order valence-electron chi connectivity index (χ4n) is 4.43. The lowest BCUT2D eigenvalue weighted by atomic mass is 9.62. The second-order valence-corrected chi connectivity index (χ2v) is 9.48. The van der Waals surface area contributed by atoms with Gasteiger partial charge in [0.15, 0.2) is 5.78 Å². The summed E-state index contributed by atoms with van der Waals surface area (Å²) in [5.74, 6) is -0.593. The van der Waals surface area contributed by atoms with Crippen LogP contribution in [0.3, 0.4) is 0 Å². The van der Waals surface area contributed by atoms with Gasteiger partial charge in [-0.2, -0.15) is 0 Å². The summed E-state index contributed by atoms with van der Waals surface area (Å²) in [7, 11) is 0. The molecule has 0 spiro atoms. The van der Waals surface area contributed by atoms with Gasteiger partial charge in [-0.1, -0.05) is 46.8 Å². The minimum Gasteiger partial charge on any atom is -0.289 e. The SMILES string of the molecule is CCc1cc(C(=O)c2cc3c(cc2C)C(C)(C)CCC3(C)C)ccc1C(=O)NO. The summed E-state index contributed by atoms with van der Waals surface area (Å²) in [5, 5.41) is 8.94. The summed E-state index contributed by atoms with van der Waals surface area (Å²) in [4.78, 5) is 25.2. The minimum absolute atomic E-state index is 0.0323.